The standard InChI is InChI=1S/C34H64N/c1-3-5-7-9-11-13-15-16-17-19-21-23-25-27-31-35-32-28-30-34(33-35)29-26-24-22-20-18-14-12-10-8-6-4-2/h28,30,32-33H,3-27,29,31H2,1-2H3/q+1. The Morgan fingerprint density at radius 3 is 1.26 bits per heavy atom. The summed E-state index contributed by atoms with van der Waals surface area (Å²) < 4.78 is 2.44. The second-order valence-electron chi connectivity index (χ2n) is 11.3. The van der Waals surface area contributed by atoms with Gasteiger partial charge >= 0.3 is 0 Å². The molecular weight excluding hydrogens is 422 g/mol. The van der Waals surface area contributed by atoms with Gasteiger partial charge in [0.1, 0.15) is 6.54 Å². The molecule has 0 atom stereocenters. The van der Waals surface area contributed by atoms with Crippen molar-refractivity contribution in [2.45, 2.75) is 187 Å². The maximum Gasteiger partial charge on any atom is 0.171 e. The van der Waals surface area contributed by atoms with E-state index in [2.05, 4.69) is 42.9 Å². The monoisotopic (exact) mass is 487 g/mol. The highest BCUT2D eigenvalue weighted by atomic mass is 14.9. The molecule has 0 spiro atoms. The average Bonchev–Trinajstić information content (AvgIpc) is 2.88. The summed E-state index contributed by atoms with van der Waals surface area (Å²) in [6, 6.07) is 4.59. The summed E-state index contributed by atoms with van der Waals surface area (Å²) >= 11 is 0. The Bertz CT molecular complexity index is 537. The smallest absolute Gasteiger partial charge is 0.171 e. The van der Waals surface area contributed by atoms with Crippen molar-refractivity contribution in [3.05, 3.63) is 30.1 Å². The van der Waals surface area contributed by atoms with Crippen LogP contribution in [0.4, 0.5) is 0 Å². The molecule has 1 aromatic rings. The van der Waals surface area contributed by atoms with E-state index in [1.807, 2.05) is 0 Å². The Kier molecular flexibility index (Phi) is 24.1. The van der Waals surface area contributed by atoms with Crippen LogP contribution in [0.3, 0.4) is 0 Å². The van der Waals surface area contributed by atoms with Crippen LogP contribution in [-0.4, -0.2) is 0 Å². The van der Waals surface area contributed by atoms with Gasteiger partial charge in [-0.2, -0.15) is 0 Å². The highest BCUT2D eigenvalue weighted by molar-refractivity contribution is 5.05. The van der Waals surface area contributed by atoms with Crippen LogP contribution in [0.15, 0.2) is 24.5 Å². The van der Waals surface area contributed by atoms with E-state index < -0.39 is 0 Å². The number of hydrogen-bond donors (Lipinski definition) is 0. The molecule has 35 heavy (non-hydrogen) atoms. The molecule has 0 amide bonds. The Morgan fingerprint density at radius 2 is 0.829 bits per heavy atom. The van der Waals surface area contributed by atoms with E-state index >= 15 is 0 Å². The molecule has 1 aromatic heterocycles. The van der Waals surface area contributed by atoms with Gasteiger partial charge in [-0.25, -0.2) is 4.57 Å². The fraction of sp³-hybridized carbons (Fsp3) is 0.853. The first kappa shape index (κ1) is 32.2. The first-order valence-corrected chi connectivity index (χ1v) is 16.3. The molecule has 1 heteroatoms. The molecule has 0 unspecified atom stereocenters. The fourth-order valence-electron chi connectivity index (χ4n) is 5.35. The molecule has 0 aromatic carbocycles. The molecule has 0 aliphatic heterocycles. The van der Waals surface area contributed by atoms with E-state index in [0.29, 0.717) is 0 Å². The predicted octanol–water partition coefficient (Wildman–Crippen LogP) is 11.3. The SMILES string of the molecule is CCCCCCCCCCCCCCCC[n+]1cccc(CCCCCCCCCCCCC)c1. The highest BCUT2D eigenvalue weighted by Crippen LogP contribution is 2.14. The van der Waals surface area contributed by atoms with Gasteiger partial charge in [0.2, 0.25) is 0 Å². The molecule has 1 nitrogen and oxygen atoms in total. The Labute approximate surface area is 221 Å². The van der Waals surface area contributed by atoms with Crippen molar-refractivity contribution in [1.29, 1.82) is 0 Å². The van der Waals surface area contributed by atoms with Gasteiger partial charge in [-0.1, -0.05) is 155 Å². The molecule has 0 saturated carbocycles. The van der Waals surface area contributed by atoms with Crippen LogP contribution in [0.25, 0.3) is 0 Å². The average molecular weight is 487 g/mol. The number of pyridine rings is 1. The third-order valence-electron chi connectivity index (χ3n) is 7.76. The summed E-state index contributed by atoms with van der Waals surface area (Å²) in [6.45, 7) is 5.80. The van der Waals surface area contributed by atoms with Crippen LogP contribution in [0.1, 0.15) is 180 Å². The summed E-state index contributed by atoms with van der Waals surface area (Å²) in [6.07, 6.45) is 41.8. The van der Waals surface area contributed by atoms with Gasteiger partial charge < -0.3 is 0 Å². The van der Waals surface area contributed by atoms with Crippen molar-refractivity contribution in [1.82, 2.24) is 0 Å². The third-order valence-corrected chi connectivity index (χ3v) is 7.76. The zero-order valence-corrected chi connectivity index (χ0v) is 24.3. The van der Waals surface area contributed by atoms with Gasteiger partial charge in [0.25, 0.3) is 0 Å². The first-order valence-electron chi connectivity index (χ1n) is 16.3. The van der Waals surface area contributed by atoms with Crippen molar-refractivity contribution >= 4 is 0 Å². The summed E-state index contributed by atoms with van der Waals surface area (Å²) in [4.78, 5) is 0. The van der Waals surface area contributed by atoms with Gasteiger partial charge in [-0.05, 0) is 25.3 Å². The minimum atomic E-state index is 1.20. The maximum atomic E-state index is 2.44. The van der Waals surface area contributed by atoms with Crippen molar-refractivity contribution in [2.75, 3.05) is 0 Å². The molecule has 0 saturated heterocycles. The predicted molar refractivity (Wildman–Crippen MR) is 157 cm³/mol. The Morgan fingerprint density at radius 1 is 0.457 bits per heavy atom. The lowest BCUT2D eigenvalue weighted by molar-refractivity contribution is -0.697. The largest absolute Gasteiger partial charge is 0.205 e. The van der Waals surface area contributed by atoms with E-state index in [-0.39, 0.29) is 0 Å². The quantitative estimate of drug-likeness (QED) is 0.0859. The molecule has 0 aliphatic rings. The van der Waals surface area contributed by atoms with Gasteiger partial charge in [0.15, 0.2) is 12.4 Å². The van der Waals surface area contributed by atoms with Crippen molar-refractivity contribution in [3.63, 3.8) is 0 Å². The molecular formula is C34H64N+. The number of aryl methyl sites for hydroxylation is 2. The molecule has 1 heterocycles. The lowest BCUT2D eigenvalue weighted by Crippen LogP contribution is -2.33. The lowest BCUT2D eigenvalue weighted by Gasteiger charge is -2.04. The zero-order valence-electron chi connectivity index (χ0n) is 24.3. The van der Waals surface area contributed by atoms with Crippen LogP contribution >= 0.6 is 0 Å². The van der Waals surface area contributed by atoms with Gasteiger partial charge in [-0.3, -0.25) is 0 Å². The molecule has 0 N–H and O–H groups in total. The second-order valence-corrected chi connectivity index (χ2v) is 11.3. The lowest BCUT2D eigenvalue weighted by atomic mass is 10.0. The molecule has 0 aliphatic carbocycles. The Hall–Kier alpha value is -0.850. The number of unbranched alkanes of at least 4 members (excludes halogenated alkanes) is 23. The number of nitrogens with zero attached hydrogens (tertiary/aromatic N) is 1. The van der Waals surface area contributed by atoms with E-state index in [4.69, 9.17) is 0 Å². The van der Waals surface area contributed by atoms with Crippen LogP contribution in [0.5, 0.6) is 0 Å². The molecule has 0 radical (unpaired) electrons. The summed E-state index contributed by atoms with van der Waals surface area (Å²) in [5, 5.41) is 0. The van der Waals surface area contributed by atoms with E-state index in [9.17, 15) is 0 Å². The van der Waals surface area contributed by atoms with E-state index in [0.717, 1.165) is 0 Å². The van der Waals surface area contributed by atoms with Crippen molar-refractivity contribution in [2.24, 2.45) is 0 Å². The summed E-state index contributed by atoms with van der Waals surface area (Å²) in [5.41, 5.74) is 1.54. The number of hydrogen-bond acceptors (Lipinski definition) is 0. The van der Waals surface area contributed by atoms with Crippen molar-refractivity contribution < 1.29 is 4.57 Å². The maximum absolute atomic E-state index is 2.44. The minimum absolute atomic E-state index is 1.20. The van der Waals surface area contributed by atoms with Gasteiger partial charge in [0.05, 0.1) is 0 Å². The second kappa shape index (κ2) is 26.2. The zero-order chi connectivity index (χ0) is 25.1. The topological polar surface area (TPSA) is 3.88 Å². The van der Waals surface area contributed by atoms with Gasteiger partial charge in [0, 0.05) is 18.1 Å². The van der Waals surface area contributed by atoms with E-state index in [1.165, 1.54) is 179 Å². The van der Waals surface area contributed by atoms with Crippen LogP contribution in [0.2, 0.25) is 0 Å². The van der Waals surface area contributed by atoms with Crippen LogP contribution in [-0.2, 0) is 13.0 Å². The highest BCUT2D eigenvalue weighted by Gasteiger charge is 2.03. The first-order chi connectivity index (χ1) is 17.4. The van der Waals surface area contributed by atoms with Gasteiger partial charge in [-0.15, -0.1) is 0 Å². The van der Waals surface area contributed by atoms with Crippen LogP contribution < -0.4 is 4.57 Å². The number of rotatable bonds is 27. The fourth-order valence-corrected chi connectivity index (χ4v) is 5.35. The van der Waals surface area contributed by atoms with Crippen LogP contribution in [0, 0.1) is 0 Å². The molecule has 1 rings (SSSR count). The van der Waals surface area contributed by atoms with E-state index in [1.54, 1.807) is 0 Å². The normalized spacial score (nSPS) is 11.4. The minimum Gasteiger partial charge on any atom is -0.205 e. The summed E-state index contributed by atoms with van der Waals surface area (Å²) in [5.74, 6) is 0. The third kappa shape index (κ3) is 22.1. The molecule has 204 valence electrons. The molecule has 0 fully saturated rings. The van der Waals surface area contributed by atoms with Crippen molar-refractivity contribution in [3.8, 4) is 0 Å². The number of aromatic nitrogens is 1. The summed E-state index contributed by atoms with van der Waals surface area (Å²) in [7, 11) is 0. The molecule has 0 bridgehead atoms. The Balaban J connectivity index is 1.90.